The molecule has 0 spiro atoms. The number of rotatable bonds is 4. The van der Waals surface area contributed by atoms with Crippen molar-refractivity contribution in [2.24, 2.45) is 0 Å². The molecule has 0 bridgehead atoms. The highest BCUT2D eigenvalue weighted by molar-refractivity contribution is 5.49. The summed E-state index contributed by atoms with van der Waals surface area (Å²) in [7, 11) is 3.14. The van der Waals surface area contributed by atoms with Crippen molar-refractivity contribution in [3.8, 4) is 11.5 Å². The first-order valence-corrected chi connectivity index (χ1v) is 8.36. The number of hydrogen-bond acceptors (Lipinski definition) is 5. The zero-order chi connectivity index (χ0) is 19.8. The van der Waals surface area contributed by atoms with E-state index in [1.165, 1.54) is 0 Å². The molecule has 2 aromatic rings. The summed E-state index contributed by atoms with van der Waals surface area (Å²) in [5, 5.41) is 0. The van der Waals surface area contributed by atoms with Crippen LogP contribution in [0.15, 0.2) is 16.9 Å². The van der Waals surface area contributed by atoms with Gasteiger partial charge in [0.15, 0.2) is 0 Å². The molecule has 1 aliphatic rings. The average molecular weight is 383 g/mol. The normalized spacial score (nSPS) is 14.7. The lowest BCUT2D eigenvalue weighted by molar-refractivity contribution is -0.145. The fourth-order valence-corrected chi connectivity index (χ4v) is 3.36. The number of halogens is 3. The Bertz CT molecular complexity index is 909. The molecule has 1 aliphatic heterocycles. The van der Waals surface area contributed by atoms with Crippen LogP contribution in [-0.2, 0) is 25.7 Å². The van der Waals surface area contributed by atoms with Gasteiger partial charge < -0.3 is 14.5 Å². The van der Waals surface area contributed by atoms with E-state index in [-0.39, 0.29) is 12.2 Å². The summed E-state index contributed by atoms with van der Waals surface area (Å²) in [4.78, 5) is 19.4. The van der Waals surface area contributed by atoms with Gasteiger partial charge in [0.1, 0.15) is 11.5 Å². The number of fused-ring (bicyclic) bond motifs is 1. The van der Waals surface area contributed by atoms with E-state index in [0.29, 0.717) is 36.6 Å². The van der Waals surface area contributed by atoms with E-state index in [0.717, 1.165) is 11.1 Å². The first-order chi connectivity index (χ1) is 12.7. The van der Waals surface area contributed by atoms with Crippen LogP contribution in [0.5, 0.6) is 11.5 Å². The van der Waals surface area contributed by atoms with Crippen molar-refractivity contribution in [2.75, 3.05) is 20.8 Å². The summed E-state index contributed by atoms with van der Waals surface area (Å²) >= 11 is 0. The van der Waals surface area contributed by atoms with Crippen molar-refractivity contribution in [2.45, 2.75) is 32.6 Å². The summed E-state index contributed by atoms with van der Waals surface area (Å²) in [6.07, 6.45) is -4.35. The lowest BCUT2D eigenvalue weighted by Gasteiger charge is -2.28. The van der Waals surface area contributed by atoms with E-state index in [9.17, 15) is 18.0 Å². The Kier molecular flexibility index (Phi) is 5.14. The van der Waals surface area contributed by atoms with Gasteiger partial charge in [0.05, 0.1) is 19.9 Å². The van der Waals surface area contributed by atoms with Gasteiger partial charge in [-0.05, 0) is 19.4 Å². The second kappa shape index (κ2) is 7.22. The molecule has 0 fully saturated rings. The minimum absolute atomic E-state index is 0.163. The number of methoxy groups -OCH3 is 2. The summed E-state index contributed by atoms with van der Waals surface area (Å²) < 4.78 is 49.5. The zero-order valence-corrected chi connectivity index (χ0v) is 15.2. The molecule has 6 nitrogen and oxygen atoms in total. The third kappa shape index (κ3) is 3.78. The number of ether oxygens (including phenoxy) is 2. The Balaban J connectivity index is 1.88. The Morgan fingerprint density at radius 3 is 2.63 bits per heavy atom. The van der Waals surface area contributed by atoms with Crippen LogP contribution in [0.25, 0.3) is 0 Å². The van der Waals surface area contributed by atoms with E-state index >= 15 is 0 Å². The fourth-order valence-electron chi connectivity index (χ4n) is 3.36. The molecule has 1 aromatic heterocycles. The molecule has 2 heterocycles. The van der Waals surface area contributed by atoms with E-state index in [1.807, 2.05) is 28.9 Å². The molecular formula is C18H20F3N3O3. The molecule has 0 saturated carbocycles. The molecule has 9 heteroatoms. The van der Waals surface area contributed by atoms with Gasteiger partial charge in [-0.2, -0.15) is 13.2 Å². The van der Waals surface area contributed by atoms with Crippen molar-refractivity contribution < 1.29 is 22.6 Å². The smallest absolute Gasteiger partial charge is 0.449 e. The first kappa shape index (κ1) is 19.2. The van der Waals surface area contributed by atoms with Crippen LogP contribution in [0.3, 0.4) is 0 Å². The van der Waals surface area contributed by atoms with Crippen LogP contribution in [0, 0.1) is 6.92 Å². The van der Waals surface area contributed by atoms with E-state index in [2.05, 4.69) is 4.98 Å². The second-order valence-electron chi connectivity index (χ2n) is 6.38. The van der Waals surface area contributed by atoms with Gasteiger partial charge in [-0.1, -0.05) is 6.07 Å². The minimum atomic E-state index is -4.69. The quantitative estimate of drug-likeness (QED) is 0.879. The number of alkyl halides is 3. The molecule has 0 amide bonds. The number of benzene rings is 1. The third-order valence-corrected chi connectivity index (χ3v) is 4.68. The van der Waals surface area contributed by atoms with Gasteiger partial charge in [0.2, 0.25) is 5.82 Å². The maximum atomic E-state index is 12.9. The van der Waals surface area contributed by atoms with Gasteiger partial charge >= 0.3 is 6.18 Å². The Morgan fingerprint density at radius 2 is 2.00 bits per heavy atom. The molecule has 0 atom stereocenters. The van der Waals surface area contributed by atoms with E-state index < -0.39 is 17.6 Å². The van der Waals surface area contributed by atoms with Crippen molar-refractivity contribution in [1.82, 2.24) is 14.9 Å². The number of nitrogens with one attached hydrogen (secondary N) is 1. The molecular weight excluding hydrogens is 363 g/mol. The van der Waals surface area contributed by atoms with Gasteiger partial charge in [-0.15, -0.1) is 0 Å². The highest BCUT2D eigenvalue weighted by Gasteiger charge is 2.36. The van der Waals surface area contributed by atoms with Gasteiger partial charge in [-0.3, -0.25) is 9.69 Å². The average Bonchev–Trinajstić information content (AvgIpc) is 2.61. The van der Waals surface area contributed by atoms with Gasteiger partial charge in [0, 0.05) is 36.3 Å². The minimum Gasteiger partial charge on any atom is -0.496 e. The summed E-state index contributed by atoms with van der Waals surface area (Å²) in [6, 6.07) is 3.70. The molecule has 1 N–H and O–H groups in total. The lowest BCUT2D eigenvalue weighted by Crippen LogP contribution is -2.36. The zero-order valence-electron chi connectivity index (χ0n) is 15.2. The SMILES string of the molecule is COc1ccc(CN2CCc3c(nc(C(F)(F)F)[nH]c3=O)C2)c(OC)c1C. The number of aromatic nitrogens is 2. The molecule has 27 heavy (non-hydrogen) atoms. The third-order valence-electron chi connectivity index (χ3n) is 4.68. The second-order valence-corrected chi connectivity index (χ2v) is 6.38. The van der Waals surface area contributed by atoms with Crippen molar-refractivity contribution in [3.05, 3.63) is 50.7 Å². The maximum Gasteiger partial charge on any atom is 0.449 e. The Labute approximate surface area is 153 Å². The largest absolute Gasteiger partial charge is 0.496 e. The number of aromatic amines is 1. The van der Waals surface area contributed by atoms with E-state index in [4.69, 9.17) is 9.47 Å². The number of H-pyrrole nitrogens is 1. The Hall–Kier alpha value is -2.55. The maximum absolute atomic E-state index is 12.9. The molecule has 3 rings (SSSR count). The van der Waals surface area contributed by atoms with Gasteiger partial charge in [0.25, 0.3) is 5.56 Å². The van der Waals surface area contributed by atoms with Crippen LogP contribution in [0.4, 0.5) is 13.2 Å². The first-order valence-electron chi connectivity index (χ1n) is 8.36. The predicted molar refractivity (Wildman–Crippen MR) is 92.0 cm³/mol. The Morgan fingerprint density at radius 1 is 1.26 bits per heavy atom. The van der Waals surface area contributed by atoms with E-state index in [1.54, 1.807) is 14.2 Å². The topological polar surface area (TPSA) is 67.5 Å². The molecule has 146 valence electrons. The van der Waals surface area contributed by atoms with Crippen LogP contribution < -0.4 is 15.0 Å². The van der Waals surface area contributed by atoms with Crippen molar-refractivity contribution >= 4 is 0 Å². The summed E-state index contributed by atoms with van der Waals surface area (Å²) in [5.41, 5.74) is 1.51. The van der Waals surface area contributed by atoms with Crippen molar-refractivity contribution in [3.63, 3.8) is 0 Å². The molecule has 0 saturated heterocycles. The standard InChI is InChI=1S/C18H20F3N3O3/c1-10-14(26-2)5-4-11(15(10)27-3)8-24-7-6-12-13(9-24)22-17(18(19,20)21)23-16(12)25/h4-5H,6-9H2,1-3H3,(H,22,23,25). The molecule has 0 aliphatic carbocycles. The highest BCUT2D eigenvalue weighted by Crippen LogP contribution is 2.33. The summed E-state index contributed by atoms with van der Waals surface area (Å²) in [6.45, 7) is 3.04. The fraction of sp³-hybridized carbons (Fsp3) is 0.444. The van der Waals surface area contributed by atoms with Crippen LogP contribution >= 0.6 is 0 Å². The molecule has 0 unspecified atom stereocenters. The highest BCUT2D eigenvalue weighted by atomic mass is 19.4. The molecule has 1 aromatic carbocycles. The number of hydrogen-bond donors (Lipinski definition) is 1. The van der Waals surface area contributed by atoms with Crippen LogP contribution in [0.2, 0.25) is 0 Å². The summed E-state index contributed by atoms with van der Waals surface area (Å²) in [5.74, 6) is 0.114. The predicted octanol–water partition coefficient (Wildman–Crippen LogP) is 2.67. The van der Waals surface area contributed by atoms with Crippen LogP contribution in [0.1, 0.15) is 28.2 Å². The van der Waals surface area contributed by atoms with Crippen LogP contribution in [-0.4, -0.2) is 35.6 Å². The monoisotopic (exact) mass is 383 g/mol. The van der Waals surface area contributed by atoms with Crippen molar-refractivity contribution in [1.29, 1.82) is 0 Å². The molecule has 0 radical (unpaired) electrons. The number of nitrogens with zero attached hydrogens (tertiary/aromatic N) is 2. The van der Waals surface area contributed by atoms with Gasteiger partial charge in [-0.25, -0.2) is 4.98 Å². The lowest BCUT2D eigenvalue weighted by atomic mass is 10.0.